The predicted molar refractivity (Wildman–Crippen MR) is 131 cm³/mol. The quantitative estimate of drug-likeness (QED) is 0.329. The van der Waals surface area contributed by atoms with Crippen LogP contribution in [0.25, 0.3) is 22.3 Å². The van der Waals surface area contributed by atoms with Crippen molar-refractivity contribution in [3.63, 3.8) is 0 Å². The van der Waals surface area contributed by atoms with Gasteiger partial charge in [-0.05, 0) is 30.7 Å². The summed E-state index contributed by atoms with van der Waals surface area (Å²) in [5.74, 6) is -0.887. The Labute approximate surface area is 213 Å². The van der Waals surface area contributed by atoms with E-state index in [1.165, 1.54) is 35.3 Å². The lowest BCUT2D eigenvalue weighted by Crippen LogP contribution is -2.19. The summed E-state index contributed by atoms with van der Waals surface area (Å²) in [6.45, 7) is 1.61. The fraction of sp³-hybridized carbons (Fsp3) is 0.208. The number of hydrogen-bond donors (Lipinski definition) is 1. The highest BCUT2D eigenvalue weighted by molar-refractivity contribution is 6.31. The van der Waals surface area contributed by atoms with Crippen LogP contribution in [0.1, 0.15) is 23.2 Å². The number of rotatable bonds is 7. The zero-order valence-electron chi connectivity index (χ0n) is 19.7. The molecule has 1 amide bonds. The molecule has 13 heteroatoms. The van der Waals surface area contributed by atoms with Crippen LogP contribution in [0, 0.1) is 12.7 Å². The van der Waals surface area contributed by atoms with Gasteiger partial charge in [-0.25, -0.2) is 22.8 Å². The van der Waals surface area contributed by atoms with Gasteiger partial charge in [0.05, 0.1) is 41.4 Å². The van der Waals surface area contributed by atoms with Gasteiger partial charge in [-0.3, -0.25) is 14.2 Å². The number of carbonyl (C=O) groups excluding carboxylic acids is 1. The van der Waals surface area contributed by atoms with E-state index in [-0.39, 0.29) is 34.7 Å². The number of benzene rings is 1. The standard InChI is InChI=1S/C24H20ClF3N8O/c1-13-22-18(23(27)28)6-20(15-7-29-34(2)9-15)32-24(22)36(33-13)12-21(37)31-17-8-30-35(11-17)10-14-3-4-16(26)5-19(14)25/h3-9,11,23H,10,12H2,1-2H3,(H,31,37). The van der Waals surface area contributed by atoms with Crippen LogP contribution in [0.2, 0.25) is 5.02 Å². The number of nitrogens with zero attached hydrogens (tertiary/aromatic N) is 7. The molecule has 0 aliphatic heterocycles. The van der Waals surface area contributed by atoms with Crippen LogP contribution >= 0.6 is 11.6 Å². The van der Waals surface area contributed by atoms with Crippen LogP contribution in [0.5, 0.6) is 0 Å². The molecule has 0 bridgehead atoms. The van der Waals surface area contributed by atoms with E-state index < -0.39 is 18.1 Å². The molecule has 1 aromatic carbocycles. The molecule has 37 heavy (non-hydrogen) atoms. The number of halogens is 4. The second-order valence-corrected chi connectivity index (χ2v) is 8.86. The van der Waals surface area contributed by atoms with Crippen LogP contribution < -0.4 is 5.32 Å². The average Bonchev–Trinajstić information content (AvgIpc) is 3.55. The molecule has 4 heterocycles. The van der Waals surface area contributed by atoms with Gasteiger partial charge in [0.1, 0.15) is 12.4 Å². The number of amides is 1. The molecular weight excluding hydrogens is 509 g/mol. The number of aryl methyl sites for hydroxylation is 2. The van der Waals surface area contributed by atoms with Crippen LogP contribution in [0.15, 0.2) is 49.1 Å². The fourth-order valence-electron chi connectivity index (χ4n) is 4.05. The molecule has 0 saturated carbocycles. The summed E-state index contributed by atoms with van der Waals surface area (Å²) in [5, 5.41) is 15.8. The van der Waals surface area contributed by atoms with Crippen LogP contribution in [0.4, 0.5) is 18.9 Å². The van der Waals surface area contributed by atoms with Crippen molar-refractivity contribution >= 4 is 34.2 Å². The highest BCUT2D eigenvalue weighted by Gasteiger charge is 2.22. The second-order valence-electron chi connectivity index (χ2n) is 8.45. The Hall–Kier alpha value is -4.19. The lowest BCUT2D eigenvalue weighted by molar-refractivity contribution is -0.116. The summed E-state index contributed by atoms with van der Waals surface area (Å²) in [7, 11) is 1.71. The number of pyridine rings is 1. The average molecular weight is 529 g/mol. The number of carbonyl (C=O) groups is 1. The molecular formula is C24H20ClF3N8O. The molecule has 0 aliphatic rings. The summed E-state index contributed by atoms with van der Waals surface area (Å²) in [5.41, 5.74) is 2.24. The Morgan fingerprint density at radius 3 is 2.68 bits per heavy atom. The van der Waals surface area contributed by atoms with E-state index >= 15 is 0 Å². The van der Waals surface area contributed by atoms with Crippen LogP contribution in [0.3, 0.4) is 0 Å². The van der Waals surface area contributed by atoms with E-state index in [0.29, 0.717) is 28.2 Å². The fourth-order valence-corrected chi connectivity index (χ4v) is 4.27. The number of fused-ring (bicyclic) bond motifs is 1. The SMILES string of the molecule is Cc1nn(CC(=O)Nc2cnn(Cc3ccc(F)cc3Cl)c2)c2nc(-c3cnn(C)c3)cc(C(F)F)c12. The maximum absolute atomic E-state index is 13.9. The molecule has 0 aliphatic carbocycles. The summed E-state index contributed by atoms with van der Waals surface area (Å²) in [6, 6.07) is 5.40. The van der Waals surface area contributed by atoms with E-state index in [9.17, 15) is 18.0 Å². The third-order valence-corrected chi connectivity index (χ3v) is 6.05. The van der Waals surface area contributed by atoms with Gasteiger partial charge in [-0.15, -0.1) is 0 Å². The Morgan fingerprint density at radius 2 is 1.97 bits per heavy atom. The van der Waals surface area contributed by atoms with Crippen molar-refractivity contribution in [3.8, 4) is 11.3 Å². The highest BCUT2D eigenvalue weighted by atomic mass is 35.5. The molecule has 0 unspecified atom stereocenters. The van der Waals surface area contributed by atoms with Gasteiger partial charge in [0, 0.05) is 35.6 Å². The molecule has 1 N–H and O–H groups in total. The predicted octanol–water partition coefficient (Wildman–Crippen LogP) is 4.75. The van der Waals surface area contributed by atoms with Gasteiger partial charge in [-0.2, -0.15) is 15.3 Å². The van der Waals surface area contributed by atoms with Gasteiger partial charge < -0.3 is 5.32 Å². The first-order valence-electron chi connectivity index (χ1n) is 11.1. The van der Waals surface area contributed by atoms with Crippen molar-refractivity contribution in [2.24, 2.45) is 7.05 Å². The molecule has 0 atom stereocenters. The zero-order chi connectivity index (χ0) is 26.3. The van der Waals surface area contributed by atoms with Crippen molar-refractivity contribution in [2.45, 2.75) is 26.4 Å². The first-order chi connectivity index (χ1) is 17.7. The third-order valence-electron chi connectivity index (χ3n) is 5.70. The van der Waals surface area contributed by atoms with Crippen molar-refractivity contribution in [1.29, 1.82) is 0 Å². The lowest BCUT2D eigenvalue weighted by atomic mass is 10.1. The van der Waals surface area contributed by atoms with Crippen molar-refractivity contribution < 1.29 is 18.0 Å². The number of alkyl halides is 2. The molecule has 5 rings (SSSR count). The van der Waals surface area contributed by atoms with E-state index in [0.717, 1.165) is 0 Å². The van der Waals surface area contributed by atoms with Gasteiger partial charge >= 0.3 is 0 Å². The molecule has 5 aromatic rings. The van der Waals surface area contributed by atoms with Crippen molar-refractivity contribution in [1.82, 2.24) is 34.3 Å². The summed E-state index contributed by atoms with van der Waals surface area (Å²) in [4.78, 5) is 17.3. The number of aromatic nitrogens is 7. The van der Waals surface area contributed by atoms with Crippen LogP contribution in [-0.2, 0) is 24.9 Å². The van der Waals surface area contributed by atoms with Crippen LogP contribution in [-0.4, -0.2) is 40.2 Å². The van der Waals surface area contributed by atoms with E-state index in [4.69, 9.17) is 11.6 Å². The molecule has 0 spiro atoms. The minimum Gasteiger partial charge on any atom is -0.322 e. The topological polar surface area (TPSA) is 95.5 Å². The minimum absolute atomic E-state index is 0.172. The van der Waals surface area contributed by atoms with E-state index in [1.54, 1.807) is 41.8 Å². The normalized spacial score (nSPS) is 11.5. The largest absolute Gasteiger partial charge is 0.322 e. The van der Waals surface area contributed by atoms with E-state index in [1.807, 2.05) is 0 Å². The molecule has 0 saturated heterocycles. The zero-order valence-corrected chi connectivity index (χ0v) is 20.4. The Morgan fingerprint density at radius 1 is 1.16 bits per heavy atom. The molecule has 0 fully saturated rings. The molecule has 9 nitrogen and oxygen atoms in total. The minimum atomic E-state index is -2.76. The molecule has 4 aromatic heterocycles. The number of anilines is 1. The Balaban J connectivity index is 1.38. The Kier molecular flexibility index (Phi) is 6.42. The first kappa shape index (κ1) is 24.5. The second kappa shape index (κ2) is 9.69. The monoisotopic (exact) mass is 528 g/mol. The molecule has 0 radical (unpaired) electrons. The third kappa shape index (κ3) is 5.05. The van der Waals surface area contributed by atoms with Gasteiger partial charge in [-0.1, -0.05) is 17.7 Å². The highest BCUT2D eigenvalue weighted by Crippen LogP contribution is 2.33. The maximum atomic E-state index is 13.9. The summed E-state index contributed by atoms with van der Waals surface area (Å²) in [6.07, 6.45) is 3.49. The van der Waals surface area contributed by atoms with Gasteiger partial charge in [0.25, 0.3) is 6.43 Å². The summed E-state index contributed by atoms with van der Waals surface area (Å²) >= 11 is 6.07. The lowest BCUT2D eigenvalue weighted by Gasteiger charge is -2.08. The Bertz CT molecular complexity index is 1620. The molecule has 190 valence electrons. The smallest absolute Gasteiger partial charge is 0.264 e. The first-order valence-corrected chi connectivity index (χ1v) is 11.5. The maximum Gasteiger partial charge on any atom is 0.264 e. The number of nitrogens with one attached hydrogen (secondary N) is 1. The van der Waals surface area contributed by atoms with E-state index in [2.05, 4.69) is 25.6 Å². The van der Waals surface area contributed by atoms with Gasteiger partial charge in [0.2, 0.25) is 5.91 Å². The van der Waals surface area contributed by atoms with Crippen molar-refractivity contribution in [3.05, 3.63) is 76.7 Å². The summed E-state index contributed by atoms with van der Waals surface area (Å²) < 4.78 is 45.5. The van der Waals surface area contributed by atoms with Gasteiger partial charge in [0.15, 0.2) is 5.65 Å². The number of hydrogen-bond acceptors (Lipinski definition) is 5. The van der Waals surface area contributed by atoms with Crippen molar-refractivity contribution in [2.75, 3.05) is 5.32 Å².